The Morgan fingerprint density at radius 3 is 2.90 bits per heavy atom. The summed E-state index contributed by atoms with van der Waals surface area (Å²) >= 11 is 0. The molecule has 2 N–H and O–H groups in total. The number of carbonyl (C=O) groups excluding carboxylic acids is 2. The van der Waals surface area contributed by atoms with E-state index in [1.165, 1.54) is 6.20 Å². The van der Waals surface area contributed by atoms with E-state index in [0.29, 0.717) is 30.2 Å². The number of hydrogen-bond acceptors (Lipinski definition) is 6. The van der Waals surface area contributed by atoms with E-state index in [4.69, 9.17) is 5.26 Å². The van der Waals surface area contributed by atoms with Crippen molar-refractivity contribution in [3.8, 4) is 6.07 Å². The molecule has 0 spiro atoms. The first-order valence-corrected chi connectivity index (χ1v) is 10.2. The van der Waals surface area contributed by atoms with Gasteiger partial charge in [-0.2, -0.15) is 5.26 Å². The maximum absolute atomic E-state index is 14.1. The van der Waals surface area contributed by atoms with Crippen LogP contribution < -0.4 is 10.6 Å². The van der Waals surface area contributed by atoms with Crippen LogP contribution in [-0.4, -0.2) is 36.2 Å². The van der Waals surface area contributed by atoms with Crippen LogP contribution in [0.4, 0.5) is 19.3 Å². The number of nitriles is 1. The number of nitrogens with one attached hydrogen (secondary N) is 2. The number of fused-ring (bicyclic) bond motifs is 2. The van der Waals surface area contributed by atoms with Crippen LogP contribution in [0.25, 0.3) is 0 Å². The van der Waals surface area contributed by atoms with E-state index in [1.54, 1.807) is 6.07 Å². The summed E-state index contributed by atoms with van der Waals surface area (Å²) < 4.78 is 53.1. The Morgan fingerprint density at radius 2 is 2.17 bits per heavy atom. The van der Waals surface area contributed by atoms with Gasteiger partial charge < -0.3 is 10.6 Å². The molecule has 0 fully saturated rings. The third-order valence-electron chi connectivity index (χ3n) is 4.85. The van der Waals surface area contributed by atoms with Crippen molar-refractivity contribution < 1.29 is 26.8 Å². The van der Waals surface area contributed by atoms with Crippen LogP contribution in [0.15, 0.2) is 29.3 Å². The first-order chi connectivity index (χ1) is 14.2. The number of rotatable bonds is 3. The summed E-state index contributed by atoms with van der Waals surface area (Å²) in [6.07, 6.45) is 2.40. The summed E-state index contributed by atoms with van der Waals surface area (Å²) in [5, 5.41) is 13.7. The quantitative estimate of drug-likeness (QED) is 0.755. The van der Waals surface area contributed by atoms with Crippen LogP contribution in [0.3, 0.4) is 0 Å². The van der Waals surface area contributed by atoms with E-state index in [-0.39, 0.29) is 4.31 Å². The lowest BCUT2D eigenvalue weighted by Crippen LogP contribution is -2.49. The van der Waals surface area contributed by atoms with E-state index >= 15 is 0 Å². The van der Waals surface area contributed by atoms with Crippen LogP contribution >= 0.6 is 0 Å². The average Bonchev–Trinajstić information content (AvgIpc) is 3.09. The molecule has 1 aliphatic carbocycles. The zero-order valence-corrected chi connectivity index (χ0v) is 16.0. The fourth-order valence-electron chi connectivity index (χ4n) is 3.48. The highest BCUT2D eigenvalue weighted by Crippen LogP contribution is 2.34. The number of sulfonamides is 1. The molecular weight excluding hydrogens is 420 g/mol. The minimum absolute atomic E-state index is 0.148. The Bertz CT molecular complexity index is 1240. The van der Waals surface area contributed by atoms with Gasteiger partial charge in [0.25, 0.3) is 10.0 Å². The molecule has 154 valence electrons. The van der Waals surface area contributed by atoms with Gasteiger partial charge in [0.05, 0.1) is 23.0 Å². The number of nitrogens with zero attached hydrogens (tertiary/aromatic N) is 3. The van der Waals surface area contributed by atoms with Gasteiger partial charge in [-0.3, -0.25) is 9.78 Å². The lowest BCUT2D eigenvalue weighted by molar-refractivity contribution is -0.121. The molecule has 1 atom stereocenters. The van der Waals surface area contributed by atoms with Gasteiger partial charge in [-0.25, -0.2) is 26.3 Å². The molecule has 9 nitrogen and oxygen atoms in total. The molecule has 0 radical (unpaired) electrons. The van der Waals surface area contributed by atoms with Crippen molar-refractivity contribution in [1.82, 2.24) is 14.6 Å². The smallest absolute Gasteiger partial charge is 0.336 e. The molecule has 2 aromatic rings. The first-order valence-electron chi connectivity index (χ1n) is 8.72. The molecule has 0 saturated heterocycles. The van der Waals surface area contributed by atoms with Crippen molar-refractivity contribution in [3.05, 3.63) is 52.9 Å². The maximum atomic E-state index is 14.1. The number of carbonyl (C=O) groups is 2. The highest BCUT2D eigenvalue weighted by atomic mass is 32.2. The maximum Gasteiger partial charge on any atom is 0.336 e. The zero-order chi connectivity index (χ0) is 21.6. The van der Waals surface area contributed by atoms with Gasteiger partial charge in [0.1, 0.15) is 17.5 Å². The normalized spacial score (nSPS) is 18.8. The van der Waals surface area contributed by atoms with Crippen LogP contribution in [0.2, 0.25) is 0 Å². The fourth-order valence-corrected chi connectivity index (χ4v) is 4.97. The van der Waals surface area contributed by atoms with Crippen molar-refractivity contribution in [2.24, 2.45) is 0 Å². The second-order valence-corrected chi connectivity index (χ2v) is 8.52. The monoisotopic (exact) mass is 433 g/mol. The molecule has 0 bridgehead atoms. The Labute approximate surface area is 169 Å². The molecule has 3 amide bonds. The molecule has 1 aromatic heterocycles. The zero-order valence-electron chi connectivity index (χ0n) is 15.1. The number of pyridine rings is 1. The van der Waals surface area contributed by atoms with E-state index in [2.05, 4.69) is 15.6 Å². The molecule has 4 rings (SSSR count). The average molecular weight is 433 g/mol. The van der Waals surface area contributed by atoms with E-state index < -0.39 is 56.8 Å². The van der Waals surface area contributed by atoms with Crippen molar-refractivity contribution in [1.29, 1.82) is 5.26 Å². The molecule has 12 heteroatoms. The number of aromatic nitrogens is 1. The van der Waals surface area contributed by atoms with E-state index in [9.17, 15) is 26.8 Å². The summed E-state index contributed by atoms with van der Waals surface area (Å²) in [4.78, 5) is 27.8. The minimum atomic E-state index is -4.79. The Kier molecular flexibility index (Phi) is 4.62. The Balaban J connectivity index is 1.55. The topological polar surface area (TPSA) is 132 Å². The van der Waals surface area contributed by atoms with Gasteiger partial charge in [-0.05, 0) is 36.6 Å². The Hall–Kier alpha value is -3.59. The van der Waals surface area contributed by atoms with Crippen LogP contribution in [0, 0.1) is 23.0 Å². The lowest BCUT2D eigenvalue weighted by atomic mass is 10.1. The van der Waals surface area contributed by atoms with Crippen molar-refractivity contribution in [2.45, 2.75) is 23.8 Å². The van der Waals surface area contributed by atoms with Crippen LogP contribution in [0.1, 0.15) is 29.3 Å². The number of benzene rings is 1. The molecule has 1 aromatic carbocycles. The second-order valence-electron chi connectivity index (χ2n) is 6.72. The van der Waals surface area contributed by atoms with Gasteiger partial charge >= 0.3 is 6.03 Å². The molecule has 2 heterocycles. The number of halogens is 2. The van der Waals surface area contributed by atoms with Crippen molar-refractivity contribution in [2.75, 3.05) is 11.9 Å². The molecule has 2 aliphatic rings. The van der Waals surface area contributed by atoms with Gasteiger partial charge in [0.2, 0.25) is 5.91 Å². The molecule has 0 saturated carbocycles. The molecule has 1 aliphatic heterocycles. The number of anilines is 1. The highest BCUT2D eigenvalue weighted by Gasteiger charge is 2.41. The Morgan fingerprint density at radius 1 is 1.40 bits per heavy atom. The first kappa shape index (κ1) is 19.7. The number of urea groups is 1. The number of hydrogen-bond donors (Lipinski definition) is 2. The number of aryl methyl sites for hydroxylation is 1. The predicted octanol–water partition coefficient (Wildman–Crippen LogP) is 1.57. The highest BCUT2D eigenvalue weighted by molar-refractivity contribution is 7.90. The van der Waals surface area contributed by atoms with Gasteiger partial charge in [0, 0.05) is 6.20 Å². The lowest BCUT2D eigenvalue weighted by Gasteiger charge is -2.28. The fraction of sp³-hybridized carbons (Fsp3) is 0.222. The largest absolute Gasteiger partial charge is 0.346 e. The predicted molar refractivity (Wildman–Crippen MR) is 97.4 cm³/mol. The summed E-state index contributed by atoms with van der Waals surface area (Å²) in [5.41, 5.74) is 1.31. The molecule has 30 heavy (non-hydrogen) atoms. The molecular formula is C18H13F2N5O4S. The SMILES string of the molecule is N#Cc1cnc2c(c1)CC[C@@H]2NC(=O)CN1C(=O)Nc2ccc(F)c(F)c2S1(=O)=O. The van der Waals surface area contributed by atoms with Crippen LogP contribution in [0.5, 0.6) is 0 Å². The third kappa shape index (κ3) is 3.13. The summed E-state index contributed by atoms with van der Waals surface area (Å²) in [5.74, 6) is -3.86. The van der Waals surface area contributed by atoms with E-state index in [0.717, 1.165) is 11.6 Å². The summed E-state index contributed by atoms with van der Waals surface area (Å²) in [6.45, 7) is -0.925. The van der Waals surface area contributed by atoms with E-state index in [1.807, 2.05) is 6.07 Å². The third-order valence-corrected chi connectivity index (χ3v) is 6.64. The van der Waals surface area contributed by atoms with Crippen LogP contribution in [-0.2, 0) is 21.2 Å². The van der Waals surface area contributed by atoms with Gasteiger partial charge in [-0.15, -0.1) is 0 Å². The second kappa shape index (κ2) is 7.03. The summed E-state index contributed by atoms with van der Waals surface area (Å²) in [7, 11) is -4.79. The standard InChI is InChI=1S/C18H13F2N5O4S/c19-11-2-4-13-17(15(11)20)30(28,29)25(18(27)24-13)8-14(26)23-12-3-1-10-5-9(6-21)7-22-16(10)12/h2,4-5,7,12H,1,3,8H2,(H,23,26)(H,24,27)/t12-/m0/s1. The number of amides is 3. The van der Waals surface area contributed by atoms with Crippen molar-refractivity contribution >= 4 is 27.6 Å². The summed E-state index contributed by atoms with van der Waals surface area (Å²) in [6, 6.07) is 3.56. The minimum Gasteiger partial charge on any atom is -0.346 e. The molecule has 0 unspecified atom stereocenters. The van der Waals surface area contributed by atoms with Gasteiger partial charge in [0.15, 0.2) is 11.6 Å². The van der Waals surface area contributed by atoms with Gasteiger partial charge in [-0.1, -0.05) is 0 Å². The van der Waals surface area contributed by atoms with Crippen molar-refractivity contribution in [3.63, 3.8) is 0 Å².